The van der Waals surface area contributed by atoms with E-state index in [4.69, 9.17) is 8.83 Å². The second-order valence-electron chi connectivity index (χ2n) is 6.57. The molecule has 0 aliphatic carbocycles. The van der Waals surface area contributed by atoms with Gasteiger partial charge in [-0.05, 0) is 52.7 Å². The molecule has 4 aromatic rings. The summed E-state index contributed by atoms with van der Waals surface area (Å²) in [6.45, 7) is 2.44. The Morgan fingerprint density at radius 3 is 2.70 bits per heavy atom. The van der Waals surface area contributed by atoms with E-state index in [9.17, 15) is 4.79 Å². The van der Waals surface area contributed by atoms with Crippen LogP contribution in [0.25, 0.3) is 11.6 Å². The maximum atomic E-state index is 12.4. The number of aromatic nitrogens is 3. The number of amides is 1. The first-order chi connectivity index (χ1) is 14.6. The maximum Gasteiger partial charge on any atom is 0.231 e. The first-order valence-corrected chi connectivity index (χ1v) is 11.1. The lowest BCUT2D eigenvalue weighted by molar-refractivity contribution is -0.119. The fourth-order valence-electron chi connectivity index (χ4n) is 2.94. The van der Waals surface area contributed by atoms with Gasteiger partial charge in [-0.2, -0.15) is 0 Å². The number of thioether (sulfide) groups is 1. The minimum Gasteiger partial charge on any atom is -0.467 e. The minimum absolute atomic E-state index is 0.111. The van der Waals surface area contributed by atoms with E-state index in [0.717, 1.165) is 5.56 Å². The normalized spacial score (nSPS) is 12.1. The summed E-state index contributed by atoms with van der Waals surface area (Å²) in [6.07, 6.45) is 1.59. The van der Waals surface area contributed by atoms with Crippen molar-refractivity contribution >= 4 is 33.6 Å². The van der Waals surface area contributed by atoms with Crippen LogP contribution in [0.15, 0.2) is 79.5 Å². The van der Waals surface area contributed by atoms with Crippen LogP contribution < -0.4 is 5.32 Å². The monoisotopic (exact) mass is 486 g/mol. The summed E-state index contributed by atoms with van der Waals surface area (Å²) in [6, 6.07) is 17.1. The van der Waals surface area contributed by atoms with Gasteiger partial charge >= 0.3 is 0 Å². The van der Waals surface area contributed by atoms with Crippen LogP contribution >= 0.6 is 27.7 Å². The Bertz CT molecular complexity index is 1110. The summed E-state index contributed by atoms with van der Waals surface area (Å²) in [5, 5.41) is 12.2. The molecule has 0 spiro atoms. The van der Waals surface area contributed by atoms with Gasteiger partial charge in [0.15, 0.2) is 15.6 Å². The molecule has 0 bridgehead atoms. The summed E-state index contributed by atoms with van der Waals surface area (Å²) in [5.74, 6) is 2.02. The molecule has 1 atom stereocenters. The van der Waals surface area contributed by atoms with Crippen molar-refractivity contribution in [2.75, 3.05) is 5.75 Å². The third kappa shape index (κ3) is 4.85. The summed E-state index contributed by atoms with van der Waals surface area (Å²) in [4.78, 5) is 12.4. The number of nitrogens with one attached hydrogen (secondary N) is 1. The average Bonchev–Trinajstić information content (AvgIpc) is 3.49. The third-order valence-corrected chi connectivity index (χ3v) is 5.77. The molecule has 3 heterocycles. The highest BCUT2D eigenvalue weighted by Crippen LogP contribution is 2.28. The molecule has 0 saturated carbocycles. The lowest BCUT2D eigenvalue weighted by Crippen LogP contribution is -2.28. The van der Waals surface area contributed by atoms with Crippen molar-refractivity contribution < 1.29 is 13.6 Å². The number of hydrogen-bond donors (Lipinski definition) is 1. The van der Waals surface area contributed by atoms with E-state index in [-0.39, 0.29) is 17.7 Å². The number of carbonyl (C=O) groups excluding carboxylic acids is 1. The number of hydrogen-bond acceptors (Lipinski definition) is 6. The van der Waals surface area contributed by atoms with Gasteiger partial charge in [0.05, 0.1) is 24.6 Å². The van der Waals surface area contributed by atoms with Gasteiger partial charge in [0, 0.05) is 0 Å². The van der Waals surface area contributed by atoms with Crippen LogP contribution in [0.3, 0.4) is 0 Å². The molecule has 0 fully saturated rings. The molecule has 1 unspecified atom stereocenters. The predicted molar refractivity (Wildman–Crippen MR) is 117 cm³/mol. The van der Waals surface area contributed by atoms with Gasteiger partial charge in [-0.1, -0.05) is 42.1 Å². The minimum atomic E-state index is -0.202. The predicted octanol–water partition coefficient (Wildman–Crippen LogP) is 4.91. The molecule has 0 aliphatic heterocycles. The molecule has 154 valence electrons. The largest absolute Gasteiger partial charge is 0.467 e. The van der Waals surface area contributed by atoms with Gasteiger partial charge in [-0.15, -0.1) is 10.2 Å². The van der Waals surface area contributed by atoms with Crippen molar-refractivity contribution in [1.82, 2.24) is 20.1 Å². The molecule has 1 aromatic carbocycles. The number of carbonyl (C=O) groups is 1. The number of halogens is 1. The van der Waals surface area contributed by atoms with Crippen LogP contribution in [0.4, 0.5) is 0 Å². The standard InChI is InChI=1S/C21H19BrN4O3S/c1-14(16-8-5-11-28-16)23-19(27)13-30-21-25-24-20(17-9-10-18(22)29-17)26(21)12-15-6-3-2-4-7-15/h2-11,14H,12-13H2,1H3,(H,23,27). The Hall–Kier alpha value is -2.78. The molecule has 3 aromatic heterocycles. The van der Waals surface area contributed by atoms with E-state index in [2.05, 4.69) is 31.4 Å². The number of furan rings is 2. The SMILES string of the molecule is CC(NC(=O)CSc1nnc(-c2ccc(Br)o2)n1Cc1ccccc1)c1ccco1. The molecular weight excluding hydrogens is 468 g/mol. The van der Waals surface area contributed by atoms with Gasteiger partial charge in [0.1, 0.15) is 5.76 Å². The quantitative estimate of drug-likeness (QED) is 0.356. The summed E-state index contributed by atoms with van der Waals surface area (Å²) < 4.78 is 13.6. The van der Waals surface area contributed by atoms with Gasteiger partial charge in [-0.3, -0.25) is 9.36 Å². The van der Waals surface area contributed by atoms with Crippen LogP contribution in [0.2, 0.25) is 0 Å². The molecule has 0 aliphatic rings. The van der Waals surface area contributed by atoms with Crippen LogP contribution in [0, 0.1) is 0 Å². The van der Waals surface area contributed by atoms with Crippen LogP contribution in [-0.2, 0) is 11.3 Å². The molecule has 4 rings (SSSR count). The van der Waals surface area contributed by atoms with Crippen LogP contribution in [0.5, 0.6) is 0 Å². The van der Waals surface area contributed by atoms with Crippen molar-refractivity contribution in [2.45, 2.75) is 24.7 Å². The molecular formula is C21H19BrN4O3S. The van der Waals surface area contributed by atoms with Crippen molar-refractivity contribution in [2.24, 2.45) is 0 Å². The highest BCUT2D eigenvalue weighted by Gasteiger charge is 2.19. The smallest absolute Gasteiger partial charge is 0.231 e. The Balaban J connectivity index is 1.50. The van der Waals surface area contributed by atoms with Crippen LogP contribution in [0.1, 0.15) is 24.3 Å². The summed E-state index contributed by atoms with van der Waals surface area (Å²) >= 11 is 4.66. The fourth-order valence-corrected chi connectivity index (χ4v) is 4.00. The van der Waals surface area contributed by atoms with E-state index >= 15 is 0 Å². The van der Waals surface area contributed by atoms with E-state index in [1.807, 2.05) is 60.0 Å². The fraction of sp³-hybridized carbons (Fsp3) is 0.190. The Morgan fingerprint density at radius 2 is 2.00 bits per heavy atom. The number of rotatable bonds is 8. The van der Waals surface area contributed by atoms with Crippen LogP contribution in [-0.4, -0.2) is 26.4 Å². The van der Waals surface area contributed by atoms with Gasteiger partial charge in [-0.25, -0.2) is 0 Å². The van der Waals surface area contributed by atoms with Crippen molar-refractivity contribution in [3.8, 4) is 11.6 Å². The zero-order valence-corrected chi connectivity index (χ0v) is 18.5. The van der Waals surface area contributed by atoms with E-state index in [0.29, 0.717) is 33.7 Å². The molecule has 0 radical (unpaired) electrons. The third-order valence-electron chi connectivity index (χ3n) is 4.37. The number of nitrogens with zero attached hydrogens (tertiary/aromatic N) is 3. The molecule has 7 nitrogen and oxygen atoms in total. The lowest BCUT2D eigenvalue weighted by Gasteiger charge is -2.12. The lowest BCUT2D eigenvalue weighted by atomic mass is 10.2. The van der Waals surface area contributed by atoms with Crippen molar-refractivity contribution in [3.63, 3.8) is 0 Å². The zero-order chi connectivity index (χ0) is 20.9. The average molecular weight is 487 g/mol. The zero-order valence-electron chi connectivity index (χ0n) is 16.1. The Labute approximate surface area is 186 Å². The Morgan fingerprint density at radius 1 is 1.17 bits per heavy atom. The molecule has 0 saturated heterocycles. The van der Waals surface area contributed by atoms with E-state index in [1.165, 1.54) is 11.8 Å². The van der Waals surface area contributed by atoms with Crippen molar-refractivity contribution in [3.05, 3.63) is 76.9 Å². The topological polar surface area (TPSA) is 86.1 Å². The maximum absolute atomic E-state index is 12.4. The summed E-state index contributed by atoms with van der Waals surface area (Å²) in [7, 11) is 0. The summed E-state index contributed by atoms with van der Waals surface area (Å²) in [5.41, 5.74) is 1.10. The van der Waals surface area contributed by atoms with E-state index < -0.39 is 0 Å². The first kappa shape index (κ1) is 20.5. The molecule has 1 N–H and O–H groups in total. The van der Waals surface area contributed by atoms with Gasteiger partial charge < -0.3 is 14.2 Å². The number of benzene rings is 1. The highest BCUT2D eigenvalue weighted by atomic mass is 79.9. The van der Waals surface area contributed by atoms with Gasteiger partial charge in [0.25, 0.3) is 0 Å². The Kier molecular flexibility index (Phi) is 6.39. The van der Waals surface area contributed by atoms with E-state index in [1.54, 1.807) is 12.3 Å². The molecule has 1 amide bonds. The molecule has 9 heteroatoms. The first-order valence-electron chi connectivity index (χ1n) is 9.28. The van der Waals surface area contributed by atoms with Gasteiger partial charge in [0.2, 0.25) is 11.7 Å². The second kappa shape index (κ2) is 9.36. The second-order valence-corrected chi connectivity index (χ2v) is 8.30. The molecule has 30 heavy (non-hydrogen) atoms. The van der Waals surface area contributed by atoms with Crippen molar-refractivity contribution in [1.29, 1.82) is 0 Å². The highest BCUT2D eigenvalue weighted by molar-refractivity contribution is 9.10.